The average Bonchev–Trinajstić information content (AvgIpc) is 3.18. The number of aliphatic hydroxyl groups is 2. The number of fused-ring (bicyclic) bond motifs is 1. The monoisotopic (exact) mass is 433 g/mol. The van der Waals surface area contributed by atoms with Crippen LogP contribution in [0.15, 0.2) is 66.2 Å². The lowest BCUT2D eigenvalue weighted by molar-refractivity contribution is 0.156. The van der Waals surface area contributed by atoms with Crippen LogP contribution in [0.25, 0.3) is 21.3 Å². The van der Waals surface area contributed by atoms with Crippen LogP contribution in [-0.4, -0.2) is 46.4 Å². The fourth-order valence-corrected chi connectivity index (χ4v) is 4.70. The van der Waals surface area contributed by atoms with E-state index in [1.54, 1.807) is 11.3 Å². The lowest BCUT2D eigenvalue weighted by atomic mass is 9.99. The number of hydrogen-bond donors (Lipinski definition) is 3. The Labute approximate surface area is 186 Å². The van der Waals surface area contributed by atoms with E-state index in [0.29, 0.717) is 19.6 Å². The second-order valence-electron chi connectivity index (χ2n) is 7.53. The van der Waals surface area contributed by atoms with Gasteiger partial charge in [0.05, 0.1) is 23.6 Å². The fraction of sp³-hybridized carbons (Fsp3) is 0.240. The first-order valence-corrected chi connectivity index (χ1v) is 11.3. The van der Waals surface area contributed by atoms with E-state index in [4.69, 9.17) is 4.98 Å². The van der Waals surface area contributed by atoms with Gasteiger partial charge in [-0.2, -0.15) is 0 Å². The van der Waals surface area contributed by atoms with Crippen LogP contribution in [0.2, 0.25) is 0 Å². The second-order valence-corrected chi connectivity index (χ2v) is 8.44. The summed E-state index contributed by atoms with van der Waals surface area (Å²) in [5, 5.41) is 24.1. The molecule has 0 aliphatic heterocycles. The quantitative estimate of drug-likeness (QED) is 0.354. The number of thiophene rings is 1. The molecule has 0 fully saturated rings. The third-order valence-corrected chi connectivity index (χ3v) is 6.31. The van der Waals surface area contributed by atoms with Gasteiger partial charge in [-0.05, 0) is 41.3 Å². The van der Waals surface area contributed by atoms with Crippen LogP contribution in [0.4, 0.5) is 11.4 Å². The zero-order valence-electron chi connectivity index (χ0n) is 17.6. The minimum Gasteiger partial charge on any atom is -0.395 e. The third-order valence-electron chi connectivity index (χ3n) is 5.39. The summed E-state index contributed by atoms with van der Waals surface area (Å²) in [4.78, 5) is 6.74. The van der Waals surface area contributed by atoms with Crippen LogP contribution in [0.1, 0.15) is 11.1 Å². The molecule has 2 aromatic heterocycles. The van der Waals surface area contributed by atoms with Crippen molar-refractivity contribution < 1.29 is 10.2 Å². The van der Waals surface area contributed by atoms with Crippen LogP contribution < -0.4 is 5.32 Å². The number of aromatic nitrogens is 1. The fourth-order valence-electron chi connectivity index (χ4n) is 3.79. The molecule has 0 atom stereocenters. The normalized spacial score (nSPS) is 11.4. The van der Waals surface area contributed by atoms with Crippen molar-refractivity contribution in [3.63, 3.8) is 0 Å². The molecule has 0 aliphatic rings. The first kappa shape index (κ1) is 21.5. The summed E-state index contributed by atoms with van der Waals surface area (Å²) in [7, 11) is 0. The van der Waals surface area contributed by atoms with Gasteiger partial charge in [0.25, 0.3) is 0 Å². The highest BCUT2D eigenvalue weighted by atomic mass is 32.1. The molecular weight excluding hydrogens is 406 g/mol. The Morgan fingerprint density at radius 2 is 1.74 bits per heavy atom. The van der Waals surface area contributed by atoms with Crippen LogP contribution in [0.5, 0.6) is 0 Å². The second kappa shape index (κ2) is 10.0. The summed E-state index contributed by atoms with van der Waals surface area (Å²) in [6.07, 6.45) is 1.88. The van der Waals surface area contributed by atoms with Crippen molar-refractivity contribution in [2.24, 2.45) is 0 Å². The van der Waals surface area contributed by atoms with Gasteiger partial charge in [0.1, 0.15) is 5.52 Å². The van der Waals surface area contributed by atoms with Crippen molar-refractivity contribution in [1.82, 2.24) is 9.88 Å². The number of rotatable bonds is 9. The molecule has 0 spiro atoms. The topological polar surface area (TPSA) is 68.6 Å². The van der Waals surface area contributed by atoms with Crippen LogP contribution >= 0.6 is 11.3 Å². The Kier molecular flexibility index (Phi) is 6.94. The van der Waals surface area contributed by atoms with Gasteiger partial charge in [0.2, 0.25) is 0 Å². The Morgan fingerprint density at radius 3 is 2.48 bits per heavy atom. The number of nitrogens with one attached hydrogen (secondary N) is 1. The van der Waals surface area contributed by atoms with E-state index in [-0.39, 0.29) is 13.2 Å². The minimum absolute atomic E-state index is 0.0736. The van der Waals surface area contributed by atoms with E-state index < -0.39 is 0 Å². The predicted octanol–water partition coefficient (Wildman–Crippen LogP) is 4.80. The molecule has 4 aromatic rings. The van der Waals surface area contributed by atoms with Crippen LogP contribution in [0, 0.1) is 6.92 Å². The zero-order chi connectivity index (χ0) is 21.6. The lowest BCUT2D eigenvalue weighted by Gasteiger charge is -2.19. The zero-order valence-corrected chi connectivity index (χ0v) is 18.4. The van der Waals surface area contributed by atoms with E-state index in [1.165, 1.54) is 16.7 Å². The highest BCUT2D eigenvalue weighted by molar-refractivity contribution is 7.17. The Hall–Kier alpha value is -2.77. The van der Waals surface area contributed by atoms with Gasteiger partial charge in [-0.15, -0.1) is 11.3 Å². The smallest absolute Gasteiger partial charge is 0.104 e. The summed E-state index contributed by atoms with van der Waals surface area (Å²) >= 11 is 1.67. The molecule has 2 aromatic carbocycles. The Bertz CT molecular complexity index is 1140. The van der Waals surface area contributed by atoms with Crippen LogP contribution in [-0.2, 0) is 6.54 Å². The van der Waals surface area contributed by atoms with Gasteiger partial charge in [-0.25, -0.2) is 0 Å². The Balaban J connectivity index is 1.57. The van der Waals surface area contributed by atoms with Crippen molar-refractivity contribution in [1.29, 1.82) is 0 Å². The van der Waals surface area contributed by atoms with Gasteiger partial charge >= 0.3 is 0 Å². The summed E-state index contributed by atoms with van der Waals surface area (Å²) < 4.78 is 1.12. The molecule has 0 radical (unpaired) electrons. The molecule has 2 heterocycles. The molecule has 0 unspecified atom stereocenters. The summed E-state index contributed by atoms with van der Waals surface area (Å²) in [5.41, 5.74) is 7.73. The average molecular weight is 434 g/mol. The molecule has 0 aliphatic carbocycles. The number of pyridine rings is 1. The minimum atomic E-state index is 0.0736. The van der Waals surface area contributed by atoms with Gasteiger partial charge in [0, 0.05) is 36.9 Å². The van der Waals surface area contributed by atoms with Crippen molar-refractivity contribution in [2.75, 3.05) is 31.6 Å². The van der Waals surface area contributed by atoms with Gasteiger partial charge in [-0.3, -0.25) is 9.88 Å². The highest BCUT2D eigenvalue weighted by Gasteiger charge is 2.12. The molecule has 31 heavy (non-hydrogen) atoms. The van der Waals surface area contributed by atoms with E-state index in [0.717, 1.165) is 27.2 Å². The largest absolute Gasteiger partial charge is 0.395 e. The van der Waals surface area contributed by atoms with E-state index in [2.05, 4.69) is 66.2 Å². The molecular formula is C25H27N3O2S. The van der Waals surface area contributed by atoms with E-state index in [1.807, 2.05) is 17.2 Å². The summed E-state index contributed by atoms with van der Waals surface area (Å²) in [6.45, 7) is 4.01. The highest BCUT2D eigenvalue weighted by Crippen LogP contribution is 2.35. The third kappa shape index (κ3) is 4.94. The molecule has 3 N–H and O–H groups in total. The van der Waals surface area contributed by atoms with Gasteiger partial charge < -0.3 is 15.5 Å². The molecule has 0 saturated carbocycles. The number of anilines is 2. The molecule has 6 heteroatoms. The van der Waals surface area contributed by atoms with Crippen molar-refractivity contribution in [3.8, 4) is 11.1 Å². The van der Waals surface area contributed by atoms with Gasteiger partial charge in [-0.1, -0.05) is 42.5 Å². The van der Waals surface area contributed by atoms with Crippen molar-refractivity contribution in [3.05, 3.63) is 77.3 Å². The van der Waals surface area contributed by atoms with Crippen molar-refractivity contribution in [2.45, 2.75) is 13.5 Å². The standard InChI is InChI=1S/C25H27N3O2S/c1-18-21(20-6-3-2-4-7-20)8-5-9-22(18)27-23-17-31-24-14-19(15-26-25(23)24)16-28(10-12-29)11-13-30/h2-9,14-15,17,27,29-30H,10-13,16H2,1H3. The molecule has 4 rings (SSSR count). The Morgan fingerprint density at radius 1 is 0.968 bits per heavy atom. The maximum atomic E-state index is 9.23. The molecule has 0 bridgehead atoms. The maximum absolute atomic E-state index is 9.23. The maximum Gasteiger partial charge on any atom is 0.104 e. The molecule has 0 amide bonds. The number of aliphatic hydroxyl groups excluding tert-OH is 2. The van der Waals surface area contributed by atoms with Crippen LogP contribution in [0.3, 0.4) is 0 Å². The predicted molar refractivity (Wildman–Crippen MR) is 129 cm³/mol. The van der Waals surface area contributed by atoms with E-state index >= 15 is 0 Å². The molecule has 0 saturated heterocycles. The first-order chi connectivity index (χ1) is 15.2. The lowest BCUT2D eigenvalue weighted by Crippen LogP contribution is -2.29. The molecule has 160 valence electrons. The summed E-state index contributed by atoms with van der Waals surface area (Å²) in [5.74, 6) is 0. The number of benzene rings is 2. The summed E-state index contributed by atoms with van der Waals surface area (Å²) in [6, 6.07) is 18.9. The van der Waals surface area contributed by atoms with Gasteiger partial charge in [0.15, 0.2) is 0 Å². The number of nitrogens with zero attached hydrogens (tertiary/aromatic N) is 2. The first-order valence-electron chi connectivity index (χ1n) is 10.4. The number of hydrogen-bond acceptors (Lipinski definition) is 6. The van der Waals surface area contributed by atoms with E-state index in [9.17, 15) is 10.2 Å². The SMILES string of the molecule is Cc1c(Nc2csc3cc(CN(CCO)CCO)cnc23)cccc1-c1ccccc1. The molecule has 5 nitrogen and oxygen atoms in total. The van der Waals surface area contributed by atoms with Crippen molar-refractivity contribution >= 4 is 32.9 Å².